The highest BCUT2D eigenvalue weighted by Crippen LogP contribution is 2.43. The summed E-state index contributed by atoms with van der Waals surface area (Å²) in [4.78, 5) is 11.7. The van der Waals surface area contributed by atoms with Crippen LogP contribution in [0.4, 0.5) is 0 Å². The van der Waals surface area contributed by atoms with Crippen molar-refractivity contribution >= 4 is 29.9 Å². The van der Waals surface area contributed by atoms with Crippen LogP contribution in [0.3, 0.4) is 0 Å². The number of pyridine rings is 1. The maximum Gasteiger partial charge on any atom is 0.213 e. The number of rotatable bonds is 7. The van der Waals surface area contributed by atoms with Gasteiger partial charge in [-0.25, -0.2) is 9.98 Å². The molecule has 6 nitrogen and oxygen atoms in total. The minimum absolute atomic E-state index is 0. The predicted molar refractivity (Wildman–Crippen MR) is 124 cm³/mol. The van der Waals surface area contributed by atoms with Crippen LogP contribution in [-0.2, 0) is 11.3 Å². The second kappa shape index (κ2) is 11.8. The van der Waals surface area contributed by atoms with Gasteiger partial charge in [0.2, 0.25) is 5.88 Å². The molecule has 0 radical (unpaired) electrons. The minimum atomic E-state index is 0. The average molecular weight is 502 g/mol. The quantitative estimate of drug-likeness (QED) is 0.266. The fourth-order valence-electron chi connectivity index (χ4n) is 4.24. The van der Waals surface area contributed by atoms with E-state index in [1.54, 1.807) is 7.11 Å². The van der Waals surface area contributed by atoms with Gasteiger partial charge in [0.05, 0.1) is 13.2 Å². The summed E-state index contributed by atoms with van der Waals surface area (Å²) >= 11 is 0. The summed E-state index contributed by atoms with van der Waals surface area (Å²) in [6.45, 7) is 7.03. The van der Waals surface area contributed by atoms with Crippen LogP contribution in [0.2, 0.25) is 0 Å². The Labute approximate surface area is 186 Å². The van der Waals surface area contributed by atoms with Gasteiger partial charge in [-0.3, -0.25) is 0 Å². The molecule has 0 amide bonds. The van der Waals surface area contributed by atoms with E-state index in [1.165, 1.54) is 38.5 Å². The Balaban J connectivity index is 0.00000280. The third-order valence-corrected chi connectivity index (χ3v) is 5.73. The largest absolute Gasteiger partial charge is 0.475 e. The Morgan fingerprint density at radius 2 is 2.04 bits per heavy atom. The van der Waals surface area contributed by atoms with Gasteiger partial charge in [0.15, 0.2) is 5.96 Å². The Morgan fingerprint density at radius 1 is 1.21 bits per heavy atom. The Hall–Kier alpha value is -1.09. The maximum atomic E-state index is 5.52. The molecule has 0 aromatic carbocycles. The Bertz CT molecular complexity index is 603. The van der Waals surface area contributed by atoms with Gasteiger partial charge in [-0.2, -0.15) is 0 Å². The van der Waals surface area contributed by atoms with Gasteiger partial charge in [0.25, 0.3) is 0 Å². The first-order valence-corrected chi connectivity index (χ1v) is 10.3. The molecular formula is C21H35IN4O2. The highest BCUT2D eigenvalue weighted by molar-refractivity contribution is 14.0. The number of halogens is 1. The number of methoxy groups -OCH3 is 1. The molecule has 0 bridgehead atoms. The van der Waals surface area contributed by atoms with Crippen molar-refractivity contribution < 1.29 is 9.47 Å². The molecule has 2 heterocycles. The molecule has 1 N–H and O–H groups in total. The van der Waals surface area contributed by atoms with Crippen LogP contribution in [0.5, 0.6) is 5.88 Å². The first-order valence-electron chi connectivity index (χ1n) is 10.3. The first-order chi connectivity index (χ1) is 13.2. The van der Waals surface area contributed by atoms with E-state index >= 15 is 0 Å². The van der Waals surface area contributed by atoms with Crippen molar-refractivity contribution in [3.63, 3.8) is 0 Å². The van der Waals surface area contributed by atoms with Crippen LogP contribution >= 0.6 is 24.0 Å². The zero-order valence-electron chi connectivity index (χ0n) is 17.3. The lowest BCUT2D eigenvalue weighted by Crippen LogP contribution is -2.41. The molecule has 1 aromatic rings. The van der Waals surface area contributed by atoms with Crippen molar-refractivity contribution in [3.8, 4) is 5.88 Å². The maximum absolute atomic E-state index is 5.52. The summed E-state index contributed by atoms with van der Waals surface area (Å²) in [6.07, 6.45) is 10.1. The number of likely N-dealkylation sites (tertiary alicyclic amines) is 1. The van der Waals surface area contributed by atoms with Gasteiger partial charge in [-0.05, 0) is 37.2 Å². The molecule has 2 aliphatic rings. The SMILES string of the molecule is CCNC(=NCc1ccc(OCCOC)nc1)N1CCC2(CCCCC2)C1.I. The molecule has 1 saturated carbocycles. The summed E-state index contributed by atoms with van der Waals surface area (Å²) in [5.74, 6) is 1.67. The van der Waals surface area contributed by atoms with Crippen molar-refractivity contribution in [3.05, 3.63) is 23.9 Å². The van der Waals surface area contributed by atoms with Crippen LogP contribution in [0.15, 0.2) is 23.3 Å². The Morgan fingerprint density at radius 3 is 2.71 bits per heavy atom. The third-order valence-electron chi connectivity index (χ3n) is 5.73. The van der Waals surface area contributed by atoms with Crippen molar-refractivity contribution in [1.82, 2.24) is 15.2 Å². The number of aliphatic imine (C=N–C) groups is 1. The number of ether oxygens (including phenoxy) is 2. The lowest BCUT2D eigenvalue weighted by atomic mass is 9.73. The van der Waals surface area contributed by atoms with E-state index < -0.39 is 0 Å². The van der Waals surface area contributed by atoms with Crippen molar-refractivity contribution in [2.24, 2.45) is 10.4 Å². The van der Waals surface area contributed by atoms with E-state index in [4.69, 9.17) is 14.5 Å². The smallest absolute Gasteiger partial charge is 0.213 e. The molecule has 28 heavy (non-hydrogen) atoms. The van der Waals surface area contributed by atoms with Crippen molar-refractivity contribution in [2.75, 3.05) is 40.0 Å². The summed E-state index contributed by atoms with van der Waals surface area (Å²) in [5.41, 5.74) is 1.63. The fourth-order valence-corrected chi connectivity index (χ4v) is 4.24. The van der Waals surface area contributed by atoms with Crippen LogP contribution in [-0.4, -0.2) is 55.8 Å². The lowest BCUT2D eigenvalue weighted by molar-refractivity contribution is 0.143. The van der Waals surface area contributed by atoms with Gasteiger partial charge in [-0.1, -0.05) is 25.3 Å². The first kappa shape index (κ1) is 23.2. The fraction of sp³-hybridized carbons (Fsp3) is 0.714. The predicted octanol–water partition coefficient (Wildman–Crippen LogP) is 3.85. The topological polar surface area (TPSA) is 59.0 Å². The monoisotopic (exact) mass is 502 g/mol. The van der Waals surface area contributed by atoms with Gasteiger partial charge in [-0.15, -0.1) is 24.0 Å². The molecule has 1 aromatic heterocycles. The number of hydrogen-bond donors (Lipinski definition) is 1. The summed E-state index contributed by atoms with van der Waals surface area (Å²) in [6, 6.07) is 3.94. The highest BCUT2D eigenvalue weighted by atomic mass is 127. The summed E-state index contributed by atoms with van der Waals surface area (Å²) < 4.78 is 10.5. The molecule has 3 rings (SSSR count). The second-order valence-electron chi connectivity index (χ2n) is 7.75. The molecule has 158 valence electrons. The van der Waals surface area contributed by atoms with Gasteiger partial charge in [0, 0.05) is 39.0 Å². The molecule has 1 aliphatic heterocycles. The molecule has 0 atom stereocenters. The van der Waals surface area contributed by atoms with E-state index in [2.05, 4.69) is 22.1 Å². The van der Waals surface area contributed by atoms with Crippen molar-refractivity contribution in [2.45, 2.75) is 52.0 Å². The number of aromatic nitrogens is 1. The van der Waals surface area contributed by atoms with Crippen molar-refractivity contribution in [1.29, 1.82) is 0 Å². The lowest BCUT2D eigenvalue weighted by Gasteiger charge is -2.33. The minimum Gasteiger partial charge on any atom is -0.475 e. The summed E-state index contributed by atoms with van der Waals surface area (Å²) in [7, 11) is 1.66. The number of nitrogens with one attached hydrogen (secondary N) is 1. The third kappa shape index (κ3) is 6.47. The molecule has 7 heteroatoms. The van der Waals surface area contributed by atoms with Gasteiger partial charge >= 0.3 is 0 Å². The number of hydrogen-bond acceptors (Lipinski definition) is 4. The van der Waals surface area contributed by atoms with E-state index in [9.17, 15) is 0 Å². The van der Waals surface area contributed by atoms with Crippen LogP contribution < -0.4 is 10.1 Å². The van der Waals surface area contributed by atoms with E-state index in [0.717, 1.165) is 31.2 Å². The Kier molecular flexibility index (Phi) is 9.77. The molecule has 2 fully saturated rings. The van der Waals surface area contributed by atoms with E-state index in [1.807, 2.05) is 18.3 Å². The standard InChI is InChI=1S/C21H34N4O2.HI/c1-3-22-20(25-12-11-21(17-25)9-5-4-6-10-21)24-16-18-7-8-19(23-15-18)27-14-13-26-2;/h7-8,15H,3-6,9-14,16-17H2,1-2H3,(H,22,24);1H. The zero-order chi connectivity index (χ0) is 19.0. The van der Waals surface area contributed by atoms with Gasteiger partial charge < -0.3 is 19.7 Å². The van der Waals surface area contributed by atoms with Crippen LogP contribution in [0, 0.1) is 5.41 Å². The second-order valence-corrected chi connectivity index (χ2v) is 7.75. The molecule has 1 aliphatic carbocycles. The molecule has 1 saturated heterocycles. The summed E-state index contributed by atoms with van der Waals surface area (Å²) in [5, 5.41) is 3.48. The zero-order valence-corrected chi connectivity index (χ0v) is 19.6. The highest BCUT2D eigenvalue weighted by Gasteiger charge is 2.39. The van der Waals surface area contributed by atoms with Crippen LogP contribution in [0.25, 0.3) is 0 Å². The molecular weight excluding hydrogens is 467 g/mol. The molecule has 1 spiro atoms. The van der Waals surface area contributed by atoms with Crippen LogP contribution in [0.1, 0.15) is 51.0 Å². The van der Waals surface area contributed by atoms with E-state index in [-0.39, 0.29) is 24.0 Å². The normalized spacial score (nSPS) is 18.8. The number of nitrogens with zero attached hydrogens (tertiary/aromatic N) is 3. The van der Waals surface area contributed by atoms with E-state index in [0.29, 0.717) is 31.1 Å². The average Bonchev–Trinajstić information content (AvgIpc) is 3.10. The number of guanidine groups is 1. The molecule has 0 unspecified atom stereocenters. The van der Waals surface area contributed by atoms with Gasteiger partial charge in [0.1, 0.15) is 6.61 Å².